The number of rotatable bonds is 5. The normalized spacial score (nSPS) is 16.5. The monoisotopic (exact) mass is 304 g/mol. The molecule has 0 aliphatic carbocycles. The van der Waals surface area contributed by atoms with Crippen molar-refractivity contribution in [3.05, 3.63) is 29.6 Å². The van der Waals surface area contributed by atoms with Crippen molar-refractivity contribution < 1.29 is 9.59 Å². The number of amides is 2. The maximum Gasteiger partial charge on any atom is 0.236 e. The third-order valence-electron chi connectivity index (χ3n) is 4.15. The van der Waals surface area contributed by atoms with Crippen molar-refractivity contribution >= 4 is 11.8 Å². The van der Waals surface area contributed by atoms with Crippen LogP contribution < -0.4 is 5.73 Å². The van der Waals surface area contributed by atoms with Crippen LogP contribution in [0.4, 0.5) is 0 Å². The first-order valence-corrected chi connectivity index (χ1v) is 7.63. The summed E-state index contributed by atoms with van der Waals surface area (Å²) in [6.07, 6.45) is 3.29. The summed E-state index contributed by atoms with van der Waals surface area (Å²) >= 11 is 0. The number of hydrogen-bond donors (Lipinski definition) is 1. The quantitative estimate of drug-likeness (QED) is 0.861. The zero-order valence-corrected chi connectivity index (χ0v) is 13.3. The molecule has 0 bridgehead atoms. The molecule has 1 aromatic rings. The Balaban J connectivity index is 1.79. The van der Waals surface area contributed by atoms with Gasteiger partial charge < -0.3 is 10.6 Å². The molecule has 1 aliphatic rings. The minimum Gasteiger partial charge on any atom is -0.369 e. The van der Waals surface area contributed by atoms with Crippen molar-refractivity contribution in [1.82, 2.24) is 14.8 Å². The number of nitrogens with zero attached hydrogens (tertiary/aromatic N) is 3. The van der Waals surface area contributed by atoms with Crippen LogP contribution in [0.2, 0.25) is 0 Å². The highest BCUT2D eigenvalue weighted by Crippen LogP contribution is 2.16. The highest BCUT2D eigenvalue weighted by atomic mass is 16.2. The highest BCUT2D eigenvalue weighted by Gasteiger charge is 2.24. The molecule has 2 heterocycles. The molecule has 1 saturated heterocycles. The van der Waals surface area contributed by atoms with Gasteiger partial charge in [0.15, 0.2) is 0 Å². The fraction of sp³-hybridized carbons (Fsp3) is 0.562. The minimum absolute atomic E-state index is 0.0409. The number of likely N-dealkylation sites (N-methyl/N-ethyl adjacent to an activating group) is 1. The SMILES string of the molecule is Cc1ccc(CN(C)C(=O)CN2CCC(C(N)=O)CC2)nc1. The summed E-state index contributed by atoms with van der Waals surface area (Å²) in [6.45, 7) is 4.37. The maximum atomic E-state index is 12.3. The Bertz CT molecular complexity index is 521. The van der Waals surface area contributed by atoms with Crippen LogP contribution in [0.5, 0.6) is 0 Å². The van der Waals surface area contributed by atoms with E-state index in [1.54, 1.807) is 11.9 Å². The number of pyridine rings is 1. The second-order valence-electron chi connectivity index (χ2n) is 6.03. The molecular formula is C16H24N4O2. The predicted molar refractivity (Wildman–Crippen MR) is 83.8 cm³/mol. The minimum atomic E-state index is -0.228. The van der Waals surface area contributed by atoms with Gasteiger partial charge in [0.05, 0.1) is 18.8 Å². The van der Waals surface area contributed by atoms with Gasteiger partial charge in [-0.25, -0.2) is 0 Å². The van der Waals surface area contributed by atoms with Gasteiger partial charge in [-0.1, -0.05) is 6.07 Å². The van der Waals surface area contributed by atoms with Gasteiger partial charge >= 0.3 is 0 Å². The van der Waals surface area contributed by atoms with Crippen molar-refractivity contribution in [1.29, 1.82) is 0 Å². The van der Waals surface area contributed by atoms with Gasteiger partial charge in [0.25, 0.3) is 0 Å². The standard InChI is InChI=1S/C16H24N4O2/c1-12-3-4-14(18-9-12)10-19(2)15(21)11-20-7-5-13(6-8-20)16(17)22/h3-4,9,13H,5-8,10-11H2,1-2H3,(H2,17,22). The lowest BCUT2D eigenvalue weighted by Gasteiger charge is -2.31. The number of aromatic nitrogens is 1. The van der Waals surface area contributed by atoms with E-state index in [4.69, 9.17) is 5.73 Å². The van der Waals surface area contributed by atoms with E-state index in [1.165, 1.54) is 0 Å². The Morgan fingerprint density at radius 1 is 1.36 bits per heavy atom. The molecule has 1 fully saturated rings. The smallest absolute Gasteiger partial charge is 0.236 e. The van der Waals surface area contributed by atoms with Gasteiger partial charge in [0.2, 0.25) is 11.8 Å². The van der Waals surface area contributed by atoms with Crippen LogP contribution in [-0.4, -0.2) is 53.3 Å². The fourth-order valence-corrected chi connectivity index (χ4v) is 2.61. The van der Waals surface area contributed by atoms with Crippen LogP contribution in [-0.2, 0) is 16.1 Å². The predicted octanol–water partition coefficient (Wildman–Crippen LogP) is 0.546. The van der Waals surface area contributed by atoms with Crippen molar-refractivity contribution in [3.8, 4) is 0 Å². The van der Waals surface area contributed by atoms with Crippen molar-refractivity contribution in [2.75, 3.05) is 26.7 Å². The van der Waals surface area contributed by atoms with Crippen LogP contribution in [0.15, 0.2) is 18.3 Å². The molecule has 22 heavy (non-hydrogen) atoms. The first-order chi connectivity index (χ1) is 10.5. The lowest BCUT2D eigenvalue weighted by molar-refractivity contribution is -0.132. The summed E-state index contributed by atoms with van der Waals surface area (Å²) < 4.78 is 0. The van der Waals surface area contributed by atoms with Crippen molar-refractivity contribution in [3.63, 3.8) is 0 Å². The summed E-state index contributed by atoms with van der Waals surface area (Å²) in [5.41, 5.74) is 7.31. The number of hydrogen-bond acceptors (Lipinski definition) is 4. The van der Waals surface area contributed by atoms with Gasteiger partial charge in [-0.05, 0) is 44.5 Å². The van der Waals surface area contributed by atoms with Gasteiger partial charge in [-0.2, -0.15) is 0 Å². The molecule has 0 spiro atoms. The molecule has 6 heteroatoms. The molecule has 2 amide bonds. The van der Waals surface area contributed by atoms with E-state index in [2.05, 4.69) is 9.88 Å². The molecule has 1 aromatic heterocycles. The molecular weight excluding hydrogens is 280 g/mol. The largest absolute Gasteiger partial charge is 0.369 e. The Morgan fingerprint density at radius 2 is 2.05 bits per heavy atom. The molecule has 0 atom stereocenters. The zero-order valence-electron chi connectivity index (χ0n) is 13.3. The van der Waals surface area contributed by atoms with Crippen LogP contribution in [0.25, 0.3) is 0 Å². The van der Waals surface area contributed by atoms with Crippen molar-refractivity contribution in [2.24, 2.45) is 11.7 Å². The summed E-state index contributed by atoms with van der Waals surface area (Å²) in [7, 11) is 1.79. The molecule has 0 aromatic carbocycles. The number of carbonyl (C=O) groups excluding carboxylic acids is 2. The Labute approximate surface area is 131 Å². The number of piperidine rings is 1. The molecule has 120 valence electrons. The Hall–Kier alpha value is -1.95. The lowest BCUT2D eigenvalue weighted by atomic mass is 9.96. The first kappa shape index (κ1) is 16.4. The van der Waals surface area contributed by atoms with E-state index in [-0.39, 0.29) is 17.7 Å². The molecule has 0 unspecified atom stereocenters. The van der Waals surface area contributed by atoms with Gasteiger partial charge in [0, 0.05) is 19.2 Å². The second kappa shape index (κ2) is 7.35. The third kappa shape index (κ3) is 4.53. The van der Waals surface area contributed by atoms with Crippen LogP contribution in [0, 0.1) is 12.8 Å². The third-order valence-corrected chi connectivity index (χ3v) is 4.15. The van der Waals surface area contributed by atoms with E-state index >= 15 is 0 Å². The number of likely N-dealkylation sites (tertiary alicyclic amines) is 1. The molecule has 1 aliphatic heterocycles. The second-order valence-corrected chi connectivity index (χ2v) is 6.03. The molecule has 2 rings (SSSR count). The molecule has 6 nitrogen and oxygen atoms in total. The Kier molecular flexibility index (Phi) is 5.49. The zero-order chi connectivity index (χ0) is 16.1. The molecule has 0 radical (unpaired) electrons. The van der Waals surface area contributed by atoms with Crippen LogP contribution in [0.1, 0.15) is 24.1 Å². The average molecular weight is 304 g/mol. The maximum absolute atomic E-state index is 12.3. The number of primary amides is 1. The van der Waals surface area contributed by atoms with E-state index in [1.807, 2.05) is 25.3 Å². The summed E-state index contributed by atoms with van der Waals surface area (Å²) in [5, 5.41) is 0. The van der Waals surface area contributed by atoms with Crippen LogP contribution >= 0.6 is 0 Å². The van der Waals surface area contributed by atoms with Crippen molar-refractivity contribution in [2.45, 2.75) is 26.3 Å². The van der Waals surface area contributed by atoms with E-state index in [9.17, 15) is 9.59 Å². The fourth-order valence-electron chi connectivity index (χ4n) is 2.61. The number of carbonyl (C=O) groups is 2. The molecule has 2 N–H and O–H groups in total. The number of nitrogens with two attached hydrogens (primary N) is 1. The van der Waals surface area contributed by atoms with E-state index in [0.29, 0.717) is 13.1 Å². The van der Waals surface area contributed by atoms with E-state index < -0.39 is 0 Å². The first-order valence-electron chi connectivity index (χ1n) is 7.63. The Morgan fingerprint density at radius 3 is 2.59 bits per heavy atom. The summed E-state index contributed by atoms with van der Waals surface area (Å²) in [6, 6.07) is 3.94. The molecule has 0 saturated carbocycles. The van der Waals surface area contributed by atoms with Gasteiger partial charge in [-0.15, -0.1) is 0 Å². The summed E-state index contributed by atoms with van der Waals surface area (Å²) in [4.78, 5) is 31.5. The van der Waals surface area contributed by atoms with Crippen LogP contribution in [0.3, 0.4) is 0 Å². The van der Waals surface area contributed by atoms with E-state index in [0.717, 1.165) is 37.2 Å². The average Bonchev–Trinajstić information content (AvgIpc) is 2.50. The van der Waals surface area contributed by atoms with Gasteiger partial charge in [-0.3, -0.25) is 19.5 Å². The lowest BCUT2D eigenvalue weighted by Crippen LogP contribution is -2.44. The summed E-state index contributed by atoms with van der Waals surface area (Å²) in [5.74, 6) is -0.200. The number of aryl methyl sites for hydroxylation is 1. The highest BCUT2D eigenvalue weighted by molar-refractivity contribution is 5.78. The topological polar surface area (TPSA) is 79.5 Å². The van der Waals surface area contributed by atoms with Gasteiger partial charge in [0.1, 0.15) is 0 Å².